The SMILES string of the molecule is N#Cc1ccccc1CO/N=C\c1cc(Br)c(OCc2ccc(Br)cc2)c(Br)c1. The van der Waals surface area contributed by atoms with Crippen LogP contribution in [0.5, 0.6) is 5.75 Å². The number of benzene rings is 3. The summed E-state index contributed by atoms with van der Waals surface area (Å²) in [5, 5.41) is 13.1. The first-order valence-corrected chi connectivity index (χ1v) is 10.9. The minimum Gasteiger partial charge on any atom is -0.487 e. The zero-order valence-corrected chi connectivity index (χ0v) is 19.9. The van der Waals surface area contributed by atoms with Crippen LogP contribution in [0.1, 0.15) is 22.3 Å². The van der Waals surface area contributed by atoms with Gasteiger partial charge in [-0.15, -0.1) is 0 Å². The van der Waals surface area contributed by atoms with Gasteiger partial charge >= 0.3 is 0 Å². The smallest absolute Gasteiger partial charge is 0.148 e. The molecule has 0 bridgehead atoms. The van der Waals surface area contributed by atoms with Crippen LogP contribution in [-0.2, 0) is 18.1 Å². The summed E-state index contributed by atoms with van der Waals surface area (Å²) in [6.45, 7) is 0.691. The Labute approximate surface area is 194 Å². The van der Waals surface area contributed by atoms with Gasteiger partial charge in [-0.05, 0) is 73.3 Å². The Hall–Kier alpha value is -2.14. The standard InChI is InChI=1S/C22H15Br3N2O2/c23-19-7-5-15(6-8-19)13-28-22-20(24)9-16(10-21(22)25)12-27-29-14-18-4-2-1-3-17(18)11-26/h1-10,12H,13-14H2/b27-12-. The highest BCUT2D eigenvalue weighted by Gasteiger charge is 2.09. The normalized spacial score (nSPS) is 10.7. The number of nitriles is 1. The molecule has 0 radical (unpaired) electrons. The van der Waals surface area contributed by atoms with Gasteiger partial charge in [-0.25, -0.2) is 0 Å². The Bertz CT molecular complexity index is 1040. The van der Waals surface area contributed by atoms with Crippen molar-refractivity contribution >= 4 is 54.0 Å². The van der Waals surface area contributed by atoms with Crippen LogP contribution in [-0.4, -0.2) is 6.21 Å². The summed E-state index contributed by atoms with van der Waals surface area (Å²) < 4.78 is 8.59. The van der Waals surface area contributed by atoms with Crippen molar-refractivity contribution in [3.63, 3.8) is 0 Å². The van der Waals surface area contributed by atoms with E-state index in [1.807, 2.05) is 54.6 Å². The molecule has 0 N–H and O–H groups in total. The van der Waals surface area contributed by atoms with Gasteiger partial charge in [0, 0.05) is 10.0 Å². The molecule has 0 spiro atoms. The summed E-state index contributed by atoms with van der Waals surface area (Å²) in [7, 11) is 0. The third kappa shape index (κ3) is 6.17. The second kappa shape index (κ2) is 10.6. The lowest BCUT2D eigenvalue weighted by Crippen LogP contribution is -1.98. The second-order valence-electron chi connectivity index (χ2n) is 6.01. The lowest BCUT2D eigenvalue weighted by Gasteiger charge is -2.11. The molecule has 0 amide bonds. The van der Waals surface area contributed by atoms with Gasteiger partial charge in [0.15, 0.2) is 0 Å². The molecule has 0 aliphatic carbocycles. The molecular weight excluding hydrogens is 564 g/mol. The fourth-order valence-corrected chi connectivity index (χ4v) is 4.20. The van der Waals surface area contributed by atoms with Crippen molar-refractivity contribution in [3.8, 4) is 11.8 Å². The fraction of sp³-hybridized carbons (Fsp3) is 0.0909. The van der Waals surface area contributed by atoms with E-state index in [4.69, 9.17) is 14.8 Å². The molecule has 0 aromatic heterocycles. The molecule has 0 aliphatic rings. The summed E-state index contributed by atoms with van der Waals surface area (Å²) in [6.07, 6.45) is 1.61. The number of halogens is 3. The van der Waals surface area contributed by atoms with Crippen LogP contribution in [0.25, 0.3) is 0 Å². The van der Waals surface area contributed by atoms with Crippen molar-refractivity contribution in [1.82, 2.24) is 0 Å². The van der Waals surface area contributed by atoms with Crippen LogP contribution in [0.3, 0.4) is 0 Å². The van der Waals surface area contributed by atoms with E-state index in [9.17, 15) is 0 Å². The van der Waals surface area contributed by atoms with Gasteiger partial charge in [0.2, 0.25) is 0 Å². The maximum atomic E-state index is 9.10. The molecule has 0 unspecified atom stereocenters. The fourth-order valence-electron chi connectivity index (χ4n) is 2.49. The maximum Gasteiger partial charge on any atom is 0.148 e. The van der Waals surface area contributed by atoms with Crippen LogP contribution < -0.4 is 4.74 Å². The van der Waals surface area contributed by atoms with E-state index in [2.05, 4.69) is 59.0 Å². The minimum atomic E-state index is 0.233. The molecule has 3 rings (SSSR count). The van der Waals surface area contributed by atoms with Crippen molar-refractivity contribution in [1.29, 1.82) is 5.26 Å². The Morgan fingerprint density at radius 2 is 1.62 bits per heavy atom. The van der Waals surface area contributed by atoms with E-state index in [-0.39, 0.29) is 6.61 Å². The van der Waals surface area contributed by atoms with Gasteiger partial charge < -0.3 is 9.57 Å². The van der Waals surface area contributed by atoms with Crippen LogP contribution in [0.15, 0.2) is 79.2 Å². The van der Waals surface area contributed by atoms with Gasteiger partial charge in [0.25, 0.3) is 0 Å². The second-order valence-corrected chi connectivity index (χ2v) is 8.63. The van der Waals surface area contributed by atoms with Gasteiger partial charge in [-0.2, -0.15) is 5.26 Å². The van der Waals surface area contributed by atoms with E-state index in [0.717, 1.165) is 30.1 Å². The predicted octanol–water partition coefficient (Wildman–Crippen LogP) is 6.98. The molecule has 146 valence electrons. The third-order valence-corrected chi connectivity index (χ3v) is 5.66. The molecule has 4 nitrogen and oxygen atoms in total. The highest BCUT2D eigenvalue weighted by Crippen LogP contribution is 2.35. The Kier molecular flexibility index (Phi) is 7.87. The van der Waals surface area contributed by atoms with Gasteiger partial charge in [0.1, 0.15) is 19.0 Å². The minimum absolute atomic E-state index is 0.233. The van der Waals surface area contributed by atoms with Crippen molar-refractivity contribution < 1.29 is 9.57 Å². The Balaban J connectivity index is 1.61. The molecule has 0 saturated carbocycles. The van der Waals surface area contributed by atoms with Crippen molar-refractivity contribution in [2.45, 2.75) is 13.2 Å². The third-order valence-electron chi connectivity index (χ3n) is 3.95. The largest absolute Gasteiger partial charge is 0.487 e. The predicted molar refractivity (Wildman–Crippen MR) is 124 cm³/mol. The first-order chi connectivity index (χ1) is 14.1. The van der Waals surface area contributed by atoms with E-state index >= 15 is 0 Å². The number of ether oxygens (including phenoxy) is 1. The van der Waals surface area contributed by atoms with Crippen molar-refractivity contribution in [3.05, 3.63) is 96.3 Å². The zero-order chi connectivity index (χ0) is 20.6. The van der Waals surface area contributed by atoms with Crippen LogP contribution in [0, 0.1) is 11.3 Å². The number of nitrogens with zero attached hydrogens (tertiary/aromatic N) is 2. The summed E-state index contributed by atoms with van der Waals surface area (Å²) in [6, 6.07) is 21.2. The molecule has 0 aliphatic heterocycles. The topological polar surface area (TPSA) is 54.6 Å². The average Bonchev–Trinajstić information content (AvgIpc) is 2.72. The lowest BCUT2D eigenvalue weighted by atomic mass is 10.1. The lowest BCUT2D eigenvalue weighted by molar-refractivity contribution is 0.132. The van der Waals surface area contributed by atoms with Crippen molar-refractivity contribution in [2.24, 2.45) is 5.16 Å². The van der Waals surface area contributed by atoms with E-state index < -0.39 is 0 Å². The summed E-state index contributed by atoms with van der Waals surface area (Å²) in [5.74, 6) is 0.717. The molecule has 29 heavy (non-hydrogen) atoms. The van der Waals surface area contributed by atoms with Gasteiger partial charge in [0.05, 0.1) is 26.8 Å². The molecule has 3 aromatic rings. The molecule has 7 heteroatoms. The molecule has 0 heterocycles. The highest BCUT2D eigenvalue weighted by molar-refractivity contribution is 9.11. The van der Waals surface area contributed by atoms with Crippen LogP contribution in [0.2, 0.25) is 0 Å². The number of rotatable bonds is 7. The van der Waals surface area contributed by atoms with Crippen molar-refractivity contribution in [2.75, 3.05) is 0 Å². The van der Waals surface area contributed by atoms with E-state index in [1.54, 1.807) is 12.3 Å². The van der Waals surface area contributed by atoms with E-state index in [0.29, 0.717) is 17.9 Å². The summed E-state index contributed by atoms with van der Waals surface area (Å²) in [5.41, 5.74) is 3.30. The number of oxime groups is 1. The molecule has 0 atom stereocenters. The molecule has 0 saturated heterocycles. The Morgan fingerprint density at radius 1 is 0.931 bits per heavy atom. The van der Waals surface area contributed by atoms with Crippen LogP contribution in [0.4, 0.5) is 0 Å². The van der Waals surface area contributed by atoms with Crippen LogP contribution >= 0.6 is 47.8 Å². The highest BCUT2D eigenvalue weighted by atomic mass is 79.9. The number of hydrogen-bond acceptors (Lipinski definition) is 4. The quantitative estimate of drug-likeness (QED) is 0.225. The summed E-state index contributed by atoms with van der Waals surface area (Å²) in [4.78, 5) is 5.34. The van der Waals surface area contributed by atoms with Gasteiger partial charge in [-0.3, -0.25) is 0 Å². The monoisotopic (exact) mass is 576 g/mol. The molecule has 0 fully saturated rings. The zero-order valence-electron chi connectivity index (χ0n) is 15.1. The van der Waals surface area contributed by atoms with E-state index in [1.165, 1.54) is 0 Å². The first-order valence-electron chi connectivity index (χ1n) is 8.56. The summed E-state index contributed by atoms with van der Waals surface area (Å²) >= 11 is 10.5. The number of hydrogen-bond donors (Lipinski definition) is 0. The molecule has 3 aromatic carbocycles. The maximum absolute atomic E-state index is 9.10. The Morgan fingerprint density at radius 3 is 2.31 bits per heavy atom. The first kappa shape index (κ1) is 21.6. The average molecular weight is 579 g/mol. The van der Waals surface area contributed by atoms with Gasteiger partial charge in [-0.1, -0.05) is 51.4 Å². The molecular formula is C22H15Br3N2O2.